The van der Waals surface area contributed by atoms with Crippen molar-refractivity contribution in [3.63, 3.8) is 0 Å². The molecule has 2 aromatic heterocycles. The lowest BCUT2D eigenvalue weighted by Gasteiger charge is -2.47. The highest BCUT2D eigenvalue weighted by molar-refractivity contribution is 8.00. The Labute approximate surface area is 234 Å². The van der Waals surface area contributed by atoms with Gasteiger partial charge in [0.1, 0.15) is 18.0 Å². The van der Waals surface area contributed by atoms with Gasteiger partial charge in [-0.3, -0.25) is 23.7 Å². The minimum atomic E-state index is -3.67. The Morgan fingerprint density at radius 2 is 2.05 bits per heavy atom. The second kappa shape index (κ2) is 13.3. The summed E-state index contributed by atoms with van der Waals surface area (Å²) in [7, 11) is -3.67. The van der Waals surface area contributed by atoms with Crippen LogP contribution in [-0.4, -0.2) is 68.8 Å². The smallest absolute Gasteiger partial charge is 0.391 e. The van der Waals surface area contributed by atoms with Crippen molar-refractivity contribution < 1.29 is 32.6 Å². The minimum Gasteiger partial charge on any atom is -0.391 e. The fraction of sp³-hybridized carbons (Fsp3) is 0.391. The van der Waals surface area contributed by atoms with Gasteiger partial charge in [-0.2, -0.15) is 9.36 Å². The molecule has 39 heavy (non-hydrogen) atoms. The first-order valence-electron chi connectivity index (χ1n) is 12.1. The van der Waals surface area contributed by atoms with Crippen LogP contribution in [0.15, 0.2) is 60.2 Å². The summed E-state index contributed by atoms with van der Waals surface area (Å²) in [5, 5.41) is 9.07. The predicted octanol–water partition coefficient (Wildman–Crippen LogP) is 2.31. The Balaban J connectivity index is 1.44. The molecule has 0 aliphatic carbocycles. The number of oxime groups is 1. The number of aromatic nitrogens is 3. The fourth-order valence-corrected chi connectivity index (χ4v) is 7.04. The van der Waals surface area contributed by atoms with Gasteiger partial charge in [0.05, 0.1) is 13.2 Å². The second-order valence-corrected chi connectivity index (χ2v) is 11.7. The van der Waals surface area contributed by atoms with E-state index in [4.69, 9.17) is 13.9 Å². The number of amides is 2. The first-order chi connectivity index (χ1) is 18.9. The predicted molar refractivity (Wildman–Crippen MR) is 147 cm³/mol. The lowest BCUT2D eigenvalue weighted by molar-refractivity contribution is -0.689. The van der Waals surface area contributed by atoms with Gasteiger partial charge in [-0.25, -0.2) is 9.13 Å². The zero-order valence-corrected chi connectivity index (χ0v) is 23.9. The molecule has 13 nitrogen and oxygen atoms in total. The van der Waals surface area contributed by atoms with Gasteiger partial charge in [-0.1, -0.05) is 23.9 Å². The summed E-state index contributed by atoms with van der Waals surface area (Å²) in [6, 6.07) is 5.09. The van der Waals surface area contributed by atoms with Crippen molar-refractivity contribution in [1.29, 1.82) is 0 Å². The number of fused-ring (bicyclic) bond motifs is 1. The Hall–Kier alpha value is -3.10. The van der Waals surface area contributed by atoms with Crippen LogP contribution in [0, 0.1) is 0 Å². The van der Waals surface area contributed by atoms with E-state index in [0.717, 1.165) is 17.1 Å². The first kappa shape index (κ1) is 28.9. The van der Waals surface area contributed by atoms with Crippen LogP contribution in [0.25, 0.3) is 0 Å². The molecule has 2 aliphatic rings. The van der Waals surface area contributed by atoms with Crippen molar-refractivity contribution in [2.24, 2.45) is 5.16 Å². The van der Waals surface area contributed by atoms with Crippen molar-refractivity contribution in [3.8, 4) is 0 Å². The molecule has 2 amide bonds. The molecular weight excluding hydrogens is 565 g/mol. The van der Waals surface area contributed by atoms with Crippen LogP contribution in [0.3, 0.4) is 0 Å². The molecule has 1 saturated heterocycles. The molecule has 1 fully saturated rings. The molecule has 2 N–H and O–H groups in total. The molecule has 2 aliphatic heterocycles. The van der Waals surface area contributed by atoms with Gasteiger partial charge in [-0.05, 0) is 13.8 Å². The molecule has 2 atom stereocenters. The zero-order chi connectivity index (χ0) is 27.8. The molecule has 0 aromatic carbocycles. The normalized spacial score (nSPS) is 19.0. The van der Waals surface area contributed by atoms with Gasteiger partial charge in [0.15, 0.2) is 18.9 Å². The molecule has 208 valence electrons. The van der Waals surface area contributed by atoms with E-state index in [0.29, 0.717) is 12.3 Å². The number of β-lactam (4-membered cyclic amide) rings is 1. The van der Waals surface area contributed by atoms with Crippen molar-refractivity contribution in [2.45, 2.75) is 31.8 Å². The van der Waals surface area contributed by atoms with Gasteiger partial charge < -0.3 is 15.1 Å². The number of rotatable bonds is 14. The number of thioether (sulfide) groups is 1. The van der Waals surface area contributed by atoms with Gasteiger partial charge in [0.25, 0.3) is 11.8 Å². The van der Waals surface area contributed by atoms with E-state index in [9.17, 15) is 14.2 Å². The van der Waals surface area contributed by atoms with Crippen LogP contribution >= 0.6 is 31.0 Å². The lowest BCUT2D eigenvalue weighted by atomic mass is 10.1. The van der Waals surface area contributed by atoms with Gasteiger partial charge in [0.2, 0.25) is 16.7 Å². The standard InChI is InChI=1S/C23H28N7O6PS2/c1-4-12-34-26-17(19-25-23(39-28-19)27-37(33,35-5-2)36-6-3)20(31)24-18-21(32)30-14-16(15-38-22(18)30)13-29-10-8-7-9-11-29/h4,7-11,14,18,22H,1,5-6,12-13,15H2,2-3H3,(H-,24,25,27,28,31,33)/p+1/t18?,22-/m0/s1. The maximum absolute atomic E-state index is 13.2. The third kappa shape index (κ3) is 7.11. The van der Waals surface area contributed by atoms with Crippen molar-refractivity contribution in [1.82, 2.24) is 19.6 Å². The maximum Gasteiger partial charge on any atom is 0.434 e. The number of carbonyl (C=O) groups is 2. The van der Waals surface area contributed by atoms with E-state index >= 15 is 0 Å². The number of pyridine rings is 1. The maximum atomic E-state index is 13.2. The SMILES string of the molecule is C=CCON=C(C(=O)NC1C(=O)N2C=C(C[n+]3ccccc3)CS[C@@H]12)c1nsc(NP(=O)(OCC)OCC)n1. The fourth-order valence-electron chi connectivity index (χ4n) is 3.69. The van der Waals surface area contributed by atoms with E-state index in [1.54, 1.807) is 30.5 Å². The molecule has 1 unspecified atom stereocenters. The highest BCUT2D eigenvalue weighted by Crippen LogP contribution is 2.48. The van der Waals surface area contributed by atoms with E-state index < -0.39 is 19.7 Å². The second-order valence-electron chi connectivity index (χ2n) is 8.13. The largest absolute Gasteiger partial charge is 0.434 e. The van der Waals surface area contributed by atoms with Crippen molar-refractivity contribution >= 4 is 53.7 Å². The lowest BCUT2D eigenvalue weighted by Crippen LogP contribution is -2.69. The minimum absolute atomic E-state index is 0.0392. The summed E-state index contributed by atoms with van der Waals surface area (Å²) in [4.78, 5) is 37.1. The van der Waals surface area contributed by atoms with E-state index in [1.807, 2.05) is 41.4 Å². The molecule has 0 bridgehead atoms. The van der Waals surface area contributed by atoms with E-state index in [1.165, 1.54) is 6.08 Å². The zero-order valence-electron chi connectivity index (χ0n) is 21.4. The third-order valence-corrected chi connectivity index (χ3v) is 9.16. The number of nitrogens with zero attached hydrogens (tertiary/aromatic N) is 5. The Kier molecular flexibility index (Phi) is 9.86. The van der Waals surface area contributed by atoms with Crippen LogP contribution in [0.2, 0.25) is 0 Å². The summed E-state index contributed by atoms with van der Waals surface area (Å²) in [5.74, 6) is -0.278. The first-order valence-corrected chi connectivity index (χ1v) is 15.4. The van der Waals surface area contributed by atoms with Crippen LogP contribution in [-0.2, 0) is 34.6 Å². The van der Waals surface area contributed by atoms with Crippen molar-refractivity contribution in [2.75, 3.05) is 30.7 Å². The summed E-state index contributed by atoms with van der Waals surface area (Å²) in [5.41, 5.74) is 0.848. The molecule has 0 spiro atoms. The highest BCUT2D eigenvalue weighted by atomic mass is 32.2. The number of anilines is 1. The van der Waals surface area contributed by atoms with Crippen LogP contribution in [0.1, 0.15) is 19.7 Å². The number of carbonyl (C=O) groups excluding carboxylic acids is 2. The molecule has 0 saturated carbocycles. The molecule has 4 heterocycles. The van der Waals surface area contributed by atoms with Gasteiger partial charge in [-0.15, -0.1) is 11.8 Å². The van der Waals surface area contributed by atoms with E-state index in [2.05, 4.69) is 31.5 Å². The molecule has 16 heteroatoms. The number of nitrogens with one attached hydrogen (secondary N) is 2. The summed E-state index contributed by atoms with van der Waals surface area (Å²) in [6.45, 7) is 7.92. The highest BCUT2D eigenvalue weighted by Gasteiger charge is 2.50. The van der Waals surface area contributed by atoms with Crippen LogP contribution in [0.4, 0.5) is 5.13 Å². The monoisotopic (exact) mass is 594 g/mol. The number of hydrogen-bond acceptors (Lipinski definition) is 11. The average molecular weight is 595 g/mol. The average Bonchev–Trinajstić information content (AvgIpc) is 3.37. The molecular formula is C23H29N7O6PS2+. The van der Waals surface area contributed by atoms with E-state index in [-0.39, 0.29) is 47.8 Å². The molecule has 4 rings (SSSR count). The van der Waals surface area contributed by atoms with Crippen molar-refractivity contribution in [3.05, 3.63) is 60.8 Å². The summed E-state index contributed by atoms with van der Waals surface area (Å²) >= 11 is 2.41. The molecule has 0 radical (unpaired) electrons. The number of hydrogen-bond donors (Lipinski definition) is 2. The van der Waals surface area contributed by atoms with Gasteiger partial charge in [0, 0.05) is 41.2 Å². The summed E-state index contributed by atoms with van der Waals surface area (Å²) < 4.78 is 29.4. The van der Waals surface area contributed by atoms with Gasteiger partial charge >= 0.3 is 7.75 Å². The quantitative estimate of drug-likeness (QED) is 0.0635. The Morgan fingerprint density at radius 1 is 1.31 bits per heavy atom. The van der Waals surface area contributed by atoms with Crippen LogP contribution < -0.4 is 15.0 Å². The topological polar surface area (TPSA) is 148 Å². The summed E-state index contributed by atoms with van der Waals surface area (Å²) in [6.07, 6.45) is 7.25. The third-order valence-electron chi connectivity index (χ3n) is 5.32. The Morgan fingerprint density at radius 3 is 2.74 bits per heavy atom. The molecule has 2 aromatic rings. The van der Waals surface area contributed by atoms with Crippen LogP contribution in [0.5, 0.6) is 0 Å². The Bertz CT molecular complexity index is 1290.